The molecule has 28 heavy (non-hydrogen) atoms. The van der Waals surface area contributed by atoms with Crippen LogP contribution in [0.15, 0.2) is 30.3 Å². The van der Waals surface area contributed by atoms with Crippen molar-refractivity contribution in [1.29, 1.82) is 0 Å². The number of hydrogen-bond donors (Lipinski definition) is 0. The monoisotopic (exact) mass is 379 g/mol. The van der Waals surface area contributed by atoms with E-state index < -0.39 is 0 Å². The molecule has 1 aliphatic carbocycles. The highest BCUT2D eigenvalue weighted by Gasteiger charge is 2.29. The molecular weight excluding hydrogens is 350 g/mol. The highest BCUT2D eigenvalue weighted by molar-refractivity contribution is 5.99. The summed E-state index contributed by atoms with van der Waals surface area (Å²) in [6, 6.07) is 10.5. The maximum atomic E-state index is 12.9. The number of aromatic nitrogens is 1. The van der Waals surface area contributed by atoms with Gasteiger partial charge < -0.3 is 9.47 Å². The molecule has 0 N–H and O–H groups in total. The molecule has 2 heterocycles. The Balaban J connectivity index is 1.35. The van der Waals surface area contributed by atoms with Gasteiger partial charge in [-0.25, -0.2) is 0 Å². The van der Waals surface area contributed by atoms with Crippen LogP contribution in [-0.2, 0) is 0 Å². The first kappa shape index (κ1) is 18.9. The molecule has 0 bridgehead atoms. The summed E-state index contributed by atoms with van der Waals surface area (Å²) in [6.45, 7) is 9.82. The first-order chi connectivity index (χ1) is 13.4. The lowest BCUT2D eigenvalue weighted by Crippen LogP contribution is -2.48. The summed E-state index contributed by atoms with van der Waals surface area (Å²) in [5.74, 6) is 0.329. The Hall–Kier alpha value is -2.40. The number of carbonyl (C=O) groups excluding carboxylic acids is 2. The number of anilines is 1. The zero-order valence-corrected chi connectivity index (χ0v) is 17.1. The molecular formula is C23H29N3O2. The summed E-state index contributed by atoms with van der Waals surface area (Å²) in [5.41, 5.74) is 5.13. The van der Waals surface area contributed by atoms with E-state index in [0.29, 0.717) is 12.6 Å². The van der Waals surface area contributed by atoms with Gasteiger partial charge >= 0.3 is 0 Å². The van der Waals surface area contributed by atoms with Crippen LogP contribution in [-0.4, -0.2) is 53.8 Å². The molecule has 1 aromatic heterocycles. The lowest BCUT2D eigenvalue weighted by atomic mass is 10.1. The highest BCUT2D eigenvalue weighted by Crippen LogP contribution is 2.38. The molecule has 1 saturated heterocycles. The number of benzene rings is 1. The number of ketones is 2. The summed E-state index contributed by atoms with van der Waals surface area (Å²) < 4.78 is 2.34. The number of nitrogens with zero attached hydrogens (tertiary/aromatic N) is 3. The number of Topliss-reactive ketones (excluding diaryl/α,β-unsaturated/α-hetero) is 2. The van der Waals surface area contributed by atoms with Crippen LogP contribution in [0.4, 0.5) is 5.69 Å². The summed E-state index contributed by atoms with van der Waals surface area (Å²) in [7, 11) is 0. The standard InChI is InChI=1S/C23H29N3O2/c1-16-14-22(17(2)26(16)21-8-9-21)23(28)15-24-10-12-25(13-11-24)20-6-4-19(5-7-20)18(3)27/h4-7,14,21H,8-13,15H2,1-3H3. The van der Waals surface area contributed by atoms with E-state index in [1.807, 2.05) is 24.3 Å². The van der Waals surface area contributed by atoms with Gasteiger partial charge in [0, 0.05) is 60.4 Å². The third kappa shape index (κ3) is 3.76. The Morgan fingerprint density at radius 2 is 1.64 bits per heavy atom. The van der Waals surface area contributed by atoms with Crippen LogP contribution in [0.5, 0.6) is 0 Å². The van der Waals surface area contributed by atoms with Gasteiger partial charge in [0.2, 0.25) is 0 Å². The van der Waals surface area contributed by atoms with Gasteiger partial charge in [0.05, 0.1) is 6.54 Å². The first-order valence-electron chi connectivity index (χ1n) is 10.2. The average Bonchev–Trinajstić information content (AvgIpc) is 3.47. The van der Waals surface area contributed by atoms with Gasteiger partial charge in [-0.05, 0) is 63.9 Å². The number of piperazine rings is 1. The normalized spacial score (nSPS) is 17.8. The molecule has 0 spiro atoms. The molecule has 2 fully saturated rings. The second-order valence-electron chi connectivity index (χ2n) is 8.18. The minimum atomic E-state index is 0.0935. The molecule has 0 atom stereocenters. The van der Waals surface area contributed by atoms with Crippen molar-refractivity contribution in [3.8, 4) is 0 Å². The Morgan fingerprint density at radius 1 is 1.00 bits per heavy atom. The molecule has 0 unspecified atom stereocenters. The van der Waals surface area contributed by atoms with Crippen LogP contribution in [0, 0.1) is 13.8 Å². The molecule has 1 aliphatic heterocycles. The SMILES string of the molecule is CC(=O)c1ccc(N2CCN(CC(=O)c3cc(C)n(C4CC4)c3C)CC2)cc1. The van der Waals surface area contributed by atoms with Crippen LogP contribution >= 0.6 is 0 Å². The Morgan fingerprint density at radius 3 is 2.21 bits per heavy atom. The fourth-order valence-electron chi connectivity index (χ4n) is 4.31. The van der Waals surface area contributed by atoms with E-state index in [1.54, 1.807) is 6.92 Å². The molecule has 148 valence electrons. The van der Waals surface area contributed by atoms with Gasteiger partial charge in [0.1, 0.15) is 0 Å². The second kappa shape index (κ2) is 7.55. The van der Waals surface area contributed by atoms with Crippen molar-refractivity contribution in [2.75, 3.05) is 37.6 Å². The highest BCUT2D eigenvalue weighted by atomic mass is 16.1. The van der Waals surface area contributed by atoms with Crippen molar-refractivity contribution < 1.29 is 9.59 Å². The maximum Gasteiger partial charge on any atom is 0.178 e. The third-order valence-corrected chi connectivity index (χ3v) is 6.08. The lowest BCUT2D eigenvalue weighted by Gasteiger charge is -2.35. The van der Waals surface area contributed by atoms with E-state index in [-0.39, 0.29) is 11.6 Å². The van der Waals surface area contributed by atoms with E-state index >= 15 is 0 Å². The van der Waals surface area contributed by atoms with Crippen LogP contribution in [0.25, 0.3) is 0 Å². The van der Waals surface area contributed by atoms with Gasteiger partial charge in [0.15, 0.2) is 11.6 Å². The summed E-state index contributed by atoms with van der Waals surface area (Å²) >= 11 is 0. The van der Waals surface area contributed by atoms with E-state index in [1.165, 1.54) is 18.5 Å². The maximum absolute atomic E-state index is 12.9. The molecule has 2 aromatic rings. The van der Waals surface area contributed by atoms with Gasteiger partial charge in [0.25, 0.3) is 0 Å². The zero-order valence-electron chi connectivity index (χ0n) is 17.1. The molecule has 5 nitrogen and oxygen atoms in total. The van der Waals surface area contributed by atoms with E-state index in [4.69, 9.17) is 0 Å². The van der Waals surface area contributed by atoms with E-state index in [2.05, 4.69) is 34.3 Å². The first-order valence-corrected chi connectivity index (χ1v) is 10.2. The minimum Gasteiger partial charge on any atom is -0.369 e. The van der Waals surface area contributed by atoms with Gasteiger partial charge in [-0.2, -0.15) is 0 Å². The molecule has 0 amide bonds. The fraction of sp³-hybridized carbons (Fsp3) is 0.478. The zero-order chi connectivity index (χ0) is 19.8. The molecule has 4 rings (SSSR count). The quantitative estimate of drug-likeness (QED) is 0.719. The average molecular weight is 380 g/mol. The van der Waals surface area contributed by atoms with Gasteiger partial charge in [-0.1, -0.05) is 0 Å². The number of aryl methyl sites for hydroxylation is 1. The predicted molar refractivity (Wildman–Crippen MR) is 112 cm³/mol. The van der Waals surface area contributed by atoms with Crippen molar-refractivity contribution in [3.63, 3.8) is 0 Å². The van der Waals surface area contributed by atoms with Crippen molar-refractivity contribution in [3.05, 3.63) is 52.8 Å². The molecule has 0 radical (unpaired) electrons. The van der Waals surface area contributed by atoms with Crippen molar-refractivity contribution >= 4 is 17.3 Å². The smallest absolute Gasteiger partial charge is 0.178 e. The molecule has 5 heteroatoms. The molecule has 1 aromatic carbocycles. The molecule has 2 aliphatic rings. The van der Waals surface area contributed by atoms with Crippen molar-refractivity contribution in [1.82, 2.24) is 9.47 Å². The second-order valence-corrected chi connectivity index (χ2v) is 8.18. The van der Waals surface area contributed by atoms with Crippen molar-refractivity contribution in [2.24, 2.45) is 0 Å². The fourth-order valence-corrected chi connectivity index (χ4v) is 4.31. The van der Waals surface area contributed by atoms with Gasteiger partial charge in [-0.15, -0.1) is 0 Å². The summed E-state index contributed by atoms with van der Waals surface area (Å²) in [5, 5.41) is 0. The predicted octanol–water partition coefficient (Wildman–Crippen LogP) is 3.65. The largest absolute Gasteiger partial charge is 0.369 e. The van der Waals surface area contributed by atoms with Crippen LogP contribution in [0.2, 0.25) is 0 Å². The number of hydrogen-bond acceptors (Lipinski definition) is 4. The molecule has 1 saturated carbocycles. The van der Waals surface area contributed by atoms with Crippen molar-refractivity contribution in [2.45, 2.75) is 39.7 Å². The number of rotatable bonds is 6. The third-order valence-electron chi connectivity index (χ3n) is 6.08. The Kier molecular flexibility index (Phi) is 5.11. The topological polar surface area (TPSA) is 45.6 Å². The Labute approximate surface area is 166 Å². The van der Waals surface area contributed by atoms with Crippen LogP contribution in [0.3, 0.4) is 0 Å². The number of carbonyl (C=O) groups is 2. The van der Waals surface area contributed by atoms with Crippen LogP contribution in [0.1, 0.15) is 57.9 Å². The minimum absolute atomic E-state index is 0.0935. The summed E-state index contributed by atoms with van der Waals surface area (Å²) in [4.78, 5) is 28.9. The van der Waals surface area contributed by atoms with E-state index in [0.717, 1.165) is 48.7 Å². The van der Waals surface area contributed by atoms with Crippen LogP contribution < -0.4 is 4.90 Å². The van der Waals surface area contributed by atoms with E-state index in [9.17, 15) is 9.59 Å². The lowest BCUT2D eigenvalue weighted by molar-refractivity contribution is 0.0925. The summed E-state index contributed by atoms with van der Waals surface area (Å²) in [6.07, 6.45) is 2.47. The Bertz CT molecular complexity index is 885. The van der Waals surface area contributed by atoms with Gasteiger partial charge in [-0.3, -0.25) is 14.5 Å².